The first-order valence-corrected chi connectivity index (χ1v) is 7.56. The van der Waals surface area contributed by atoms with Crippen LogP contribution in [0.4, 0.5) is 5.13 Å². The molecule has 2 rings (SSSR count). The topological polar surface area (TPSA) is 83.0 Å². The van der Waals surface area contributed by atoms with Crippen LogP contribution >= 0.6 is 11.3 Å². The smallest absolute Gasteiger partial charge is 0.358 e. The highest BCUT2D eigenvalue weighted by Gasteiger charge is 2.26. The number of esters is 1. The molecule has 0 bridgehead atoms. The molecule has 8 heteroatoms. The number of thiazole rings is 1. The number of aromatic nitrogens is 1. The number of aliphatic hydroxyl groups excluding tert-OH is 1. The summed E-state index contributed by atoms with van der Waals surface area (Å²) < 4.78 is 4.68. The summed E-state index contributed by atoms with van der Waals surface area (Å²) >= 11 is 1.23. The highest BCUT2D eigenvalue weighted by Crippen LogP contribution is 2.28. The average Bonchev–Trinajstić information content (AvgIpc) is 2.93. The van der Waals surface area contributed by atoms with Crippen LogP contribution in [0.1, 0.15) is 27.1 Å². The molecule has 0 aliphatic carbocycles. The van der Waals surface area contributed by atoms with Crippen LogP contribution in [0.5, 0.6) is 0 Å². The van der Waals surface area contributed by atoms with Crippen LogP contribution in [0, 0.1) is 0 Å². The fourth-order valence-corrected chi connectivity index (χ4v) is 3.22. The molecule has 0 saturated carbocycles. The molecule has 116 valence electrons. The number of anilines is 1. The van der Waals surface area contributed by atoms with Gasteiger partial charge in [-0.1, -0.05) is 11.3 Å². The van der Waals surface area contributed by atoms with Gasteiger partial charge in [0.05, 0.1) is 13.7 Å². The van der Waals surface area contributed by atoms with E-state index in [0.717, 1.165) is 26.2 Å². The number of hydrogen-bond acceptors (Lipinski definition) is 8. The fraction of sp³-hybridized carbons (Fsp3) is 0.615. The molecule has 1 aliphatic heterocycles. The third-order valence-electron chi connectivity index (χ3n) is 3.37. The number of piperazine rings is 1. The summed E-state index contributed by atoms with van der Waals surface area (Å²) in [4.78, 5) is 32.2. The van der Waals surface area contributed by atoms with Crippen molar-refractivity contribution in [1.82, 2.24) is 9.88 Å². The molecule has 0 radical (unpaired) electrons. The Kier molecular flexibility index (Phi) is 5.27. The van der Waals surface area contributed by atoms with Crippen LogP contribution in [-0.2, 0) is 4.74 Å². The maximum absolute atomic E-state index is 11.7. The number of Topliss-reactive ketones (excluding diaryl/α,β-unsaturated/α-hetero) is 1. The molecule has 7 nitrogen and oxygen atoms in total. The van der Waals surface area contributed by atoms with Crippen molar-refractivity contribution in [3.05, 3.63) is 10.6 Å². The normalized spacial score (nSPS) is 16.0. The molecule has 1 aromatic rings. The second-order valence-electron chi connectivity index (χ2n) is 4.77. The molecule has 0 atom stereocenters. The first-order chi connectivity index (χ1) is 10.1. The van der Waals surface area contributed by atoms with Gasteiger partial charge in [0, 0.05) is 39.6 Å². The largest absolute Gasteiger partial charge is 0.464 e. The van der Waals surface area contributed by atoms with E-state index in [1.807, 2.05) is 0 Å². The average molecular weight is 313 g/mol. The minimum absolute atomic E-state index is 0.0998. The molecule has 1 saturated heterocycles. The van der Waals surface area contributed by atoms with E-state index in [-0.39, 0.29) is 18.1 Å². The number of rotatable bonds is 5. The summed E-state index contributed by atoms with van der Waals surface area (Å²) in [5.41, 5.74) is 0.0998. The van der Waals surface area contributed by atoms with Gasteiger partial charge in [-0.05, 0) is 0 Å². The molecular weight excluding hydrogens is 294 g/mol. The summed E-state index contributed by atoms with van der Waals surface area (Å²) in [6.45, 7) is 5.39. The Bertz CT molecular complexity index is 523. The van der Waals surface area contributed by atoms with Crippen LogP contribution in [0.2, 0.25) is 0 Å². The predicted molar refractivity (Wildman–Crippen MR) is 79.2 cm³/mol. The minimum Gasteiger partial charge on any atom is -0.464 e. The van der Waals surface area contributed by atoms with Crippen molar-refractivity contribution in [3.63, 3.8) is 0 Å². The number of nitrogens with zero attached hydrogens (tertiary/aromatic N) is 3. The van der Waals surface area contributed by atoms with Crippen LogP contribution in [-0.4, -0.2) is 73.2 Å². The number of hydrogen-bond donors (Lipinski definition) is 1. The highest BCUT2D eigenvalue weighted by atomic mass is 32.1. The molecule has 0 amide bonds. The van der Waals surface area contributed by atoms with Gasteiger partial charge in [0.15, 0.2) is 16.6 Å². The Morgan fingerprint density at radius 1 is 1.33 bits per heavy atom. The zero-order valence-electron chi connectivity index (χ0n) is 12.2. The molecule has 21 heavy (non-hydrogen) atoms. The molecule has 0 spiro atoms. The van der Waals surface area contributed by atoms with Gasteiger partial charge >= 0.3 is 5.97 Å². The van der Waals surface area contributed by atoms with Gasteiger partial charge < -0.3 is 14.7 Å². The third-order valence-corrected chi connectivity index (χ3v) is 4.59. The summed E-state index contributed by atoms with van der Waals surface area (Å²) in [7, 11) is 1.28. The second kappa shape index (κ2) is 6.97. The van der Waals surface area contributed by atoms with Crippen molar-refractivity contribution in [2.45, 2.75) is 6.92 Å². The Morgan fingerprint density at radius 3 is 2.52 bits per heavy atom. The van der Waals surface area contributed by atoms with Gasteiger partial charge in [0.1, 0.15) is 4.88 Å². The van der Waals surface area contributed by atoms with E-state index in [0.29, 0.717) is 16.6 Å². The van der Waals surface area contributed by atoms with Crippen molar-refractivity contribution in [3.8, 4) is 0 Å². The number of carbonyl (C=O) groups is 2. The molecule has 1 fully saturated rings. The van der Waals surface area contributed by atoms with E-state index < -0.39 is 5.97 Å². The maximum atomic E-state index is 11.7. The number of β-amino-alcohol motifs (C(OH)–C–C–N with tert-alkyl or cyclic N) is 1. The van der Waals surface area contributed by atoms with Gasteiger partial charge in [-0.25, -0.2) is 9.78 Å². The van der Waals surface area contributed by atoms with Crippen molar-refractivity contribution in [2.24, 2.45) is 0 Å². The van der Waals surface area contributed by atoms with Crippen LogP contribution < -0.4 is 4.90 Å². The zero-order valence-corrected chi connectivity index (χ0v) is 13.0. The highest BCUT2D eigenvalue weighted by molar-refractivity contribution is 7.17. The molecule has 1 aromatic heterocycles. The Hall–Kier alpha value is -1.51. The molecule has 1 N–H and O–H groups in total. The fourth-order valence-electron chi connectivity index (χ4n) is 2.22. The first-order valence-electron chi connectivity index (χ1n) is 6.75. The van der Waals surface area contributed by atoms with E-state index in [9.17, 15) is 9.59 Å². The van der Waals surface area contributed by atoms with E-state index in [4.69, 9.17) is 5.11 Å². The van der Waals surface area contributed by atoms with Crippen molar-refractivity contribution in [1.29, 1.82) is 0 Å². The Labute approximate surface area is 127 Å². The van der Waals surface area contributed by atoms with Gasteiger partial charge in [0.25, 0.3) is 0 Å². The number of methoxy groups -OCH3 is 1. The van der Waals surface area contributed by atoms with E-state index in [1.54, 1.807) is 0 Å². The predicted octanol–water partition coefficient (Wildman–Crippen LogP) is 0.247. The van der Waals surface area contributed by atoms with Gasteiger partial charge in [-0.2, -0.15) is 0 Å². The van der Waals surface area contributed by atoms with E-state index in [1.165, 1.54) is 25.4 Å². The molecular formula is C13H19N3O4S. The lowest BCUT2D eigenvalue weighted by Gasteiger charge is -2.34. The summed E-state index contributed by atoms with van der Waals surface area (Å²) in [5, 5.41) is 9.61. The lowest BCUT2D eigenvalue weighted by molar-refractivity contribution is 0.0591. The van der Waals surface area contributed by atoms with Gasteiger partial charge in [0.2, 0.25) is 0 Å². The number of ether oxygens (including phenoxy) is 1. The maximum Gasteiger partial charge on any atom is 0.358 e. The lowest BCUT2D eigenvalue weighted by atomic mass is 10.3. The minimum atomic E-state index is -0.582. The standard InChI is InChI=1S/C13H19N3O4S/c1-9(18)11-10(12(19)20-2)14-13(21-11)16-5-3-15(4-6-16)7-8-17/h17H,3-8H2,1-2H3. The van der Waals surface area contributed by atoms with E-state index in [2.05, 4.69) is 19.5 Å². The van der Waals surface area contributed by atoms with Gasteiger partial charge in [-0.15, -0.1) is 0 Å². The monoisotopic (exact) mass is 313 g/mol. The van der Waals surface area contributed by atoms with Crippen LogP contribution in [0.3, 0.4) is 0 Å². The number of ketones is 1. The Balaban J connectivity index is 2.14. The van der Waals surface area contributed by atoms with Crippen molar-refractivity contribution in [2.75, 3.05) is 51.3 Å². The van der Waals surface area contributed by atoms with Crippen LogP contribution in [0.25, 0.3) is 0 Å². The molecule has 1 aliphatic rings. The first kappa shape index (κ1) is 15.9. The third kappa shape index (κ3) is 3.58. The summed E-state index contributed by atoms with van der Waals surface area (Å²) in [6, 6.07) is 0. The lowest BCUT2D eigenvalue weighted by Crippen LogP contribution is -2.47. The van der Waals surface area contributed by atoms with Crippen molar-refractivity contribution >= 4 is 28.2 Å². The molecule has 0 aromatic carbocycles. The summed E-state index contributed by atoms with van der Waals surface area (Å²) in [5.74, 6) is -0.764. The SMILES string of the molecule is COC(=O)c1nc(N2CCN(CCO)CC2)sc1C(C)=O. The van der Waals surface area contributed by atoms with Crippen molar-refractivity contribution < 1.29 is 19.4 Å². The summed E-state index contributed by atoms with van der Waals surface area (Å²) in [6.07, 6.45) is 0. The zero-order chi connectivity index (χ0) is 15.4. The Morgan fingerprint density at radius 2 is 2.00 bits per heavy atom. The number of aliphatic hydroxyl groups is 1. The second-order valence-corrected chi connectivity index (χ2v) is 5.75. The quantitative estimate of drug-likeness (QED) is 0.616. The number of carbonyl (C=O) groups excluding carboxylic acids is 2. The molecule has 0 unspecified atom stereocenters. The van der Waals surface area contributed by atoms with E-state index >= 15 is 0 Å². The molecule has 2 heterocycles. The van der Waals surface area contributed by atoms with Gasteiger partial charge in [-0.3, -0.25) is 9.69 Å². The van der Waals surface area contributed by atoms with Crippen LogP contribution in [0.15, 0.2) is 0 Å².